The summed E-state index contributed by atoms with van der Waals surface area (Å²) in [7, 11) is 1.52. The van der Waals surface area contributed by atoms with Crippen molar-refractivity contribution in [3.8, 4) is 5.75 Å². The Morgan fingerprint density at radius 3 is 2.74 bits per heavy atom. The maximum Gasteiger partial charge on any atom is 0.261 e. The van der Waals surface area contributed by atoms with E-state index in [1.54, 1.807) is 48.5 Å². The molecule has 0 aliphatic rings. The fraction of sp³-hybridized carbons (Fsp3) is 0.0588. The fourth-order valence-corrected chi connectivity index (χ4v) is 2.40. The predicted molar refractivity (Wildman–Crippen MR) is 88.0 cm³/mol. The molecule has 5 nitrogen and oxygen atoms in total. The molecule has 2 aromatic carbocycles. The minimum absolute atomic E-state index is 0.116. The number of nitrogens with one attached hydrogen (secondary N) is 2. The third-order valence-electron chi connectivity index (χ3n) is 3.34. The van der Waals surface area contributed by atoms with Crippen LogP contribution >= 0.6 is 11.6 Å². The van der Waals surface area contributed by atoms with Gasteiger partial charge in [0.05, 0.1) is 17.8 Å². The van der Waals surface area contributed by atoms with Crippen LogP contribution in [0.2, 0.25) is 5.02 Å². The third kappa shape index (κ3) is 2.91. The van der Waals surface area contributed by atoms with Gasteiger partial charge in [-0.1, -0.05) is 35.9 Å². The summed E-state index contributed by atoms with van der Waals surface area (Å²) in [6.45, 7) is 0. The second kappa shape index (κ2) is 6.14. The van der Waals surface area contributed by atoms with Crippen molar-refractivity contribution in [2.45, 2.75) is 0 Å². The first-order chi connectivity index (χ1) is 11.1. The van der Waals surface area contributed by atoms with Crippen molar-refractivity contribution in [1.82, 2.24) is 0 Å². The number of hydrogen-bond donors (Lipinski definition) is 2. The molecule has 2 N–H and O–H groups in total. The lowest BCUT2D eigenvalue weighted by molar-refractivity contribution is 0.102. The van der Waals surface area contributed by atoms with Gasteiger partial charge >= 0.3 is 0 Å². The molecule has 0 aliphatic heterocycles. The van der Waals surface area contributed by atoms with Crippen LogP contribution in [0.25, 0.3) is 11.0 Å². The molecular formula is C17H13ClN2O3. The number of anilines is 1. The molecule has 0 spiro atoms. The summed E-state index contributed by atoms with van der Waals surface area (Å²) in [5.74, 6) is 0.0469. The lowest BCUT2D eigenvalue weighted by atomic mass is 10.1. The number of carbonyl (C=O) groups is 1. The smallest absolute Gasteiger partial charge is 0.261 e. The lowest BCUT2D eigenvalue weighted by Crippen LogP contribution is -2.21. The number of hydrogen-bond acceptors (Lipinski definition) is 4. The van der Waals surface area contributed by atoms with Gasteiger partial charge in [0.25, 0.3) is 5.91 Å². The summed E-state index contributed by atoms with van der Waals surface area (Å²) < 4.78 is 10.7. The minimum Gasteiger partial charge on any atom is -0.493 e. The average molecular weight is 329 g/mol. The Kier molecular flexibility index (Phi) is 4.04. The summed E-state index contributed by atoms with van der Waals surface area (Å²) in [6.07, 6.45) is 0. The maximum absolute atomic E-state index is 12.4. The Labute approximate surface area is 137 Å². The zero-order valence-electron chi connectivity index (χ0n) is 12.2. The highest BCUT2D eigenvalue weighted by Gasteiger charge is 2.14. The van der Waals surface area contributed by atoms with Crippen LogP contribution in [0.1, 0.15) is 10.4 Å². The van der Waals surface area contributed by atoms with Gasteiger partial charge in [-0.25, -0.2) is 0 Å². The van der Waals surface area contributed by atoms with E-state index in [-0.39, 0.29) is 11.1 Å². The van der Waals surface area contributed by atoms with Crippen LogP contribution in [0.4, 0.5) is 5.69 Å². The topological polar surface area (TPSA) is 75.3 Å². The zero-order chi connectivity index (χ0) is 16.4. The van der Waals surface area contributed by atoms with Crippen LogP contribution in [-0.4, -0.2) is 13.0 Å². The number of fused-ring (bicyclic) bond motifs is 1. The van der Waals surface area contributed by atoms with E-state index in [9.17, 15) is 4.79 Å². The molecule has 1 amide bonds. The van der Waals surface area contributed by atoms with E-state index in [4.69, 9.17) is 26.2 Å². The SMILES string of the molecule is COc1cccc2cc(C(=O)Nc3ccccc3Cl)c(=N)oc12. The number of para-hydroxylation sites is 2. The number of benzene rings is 2. The Morgan fingerprint density at radius 2 is 2.00 bits per heavy atom. The first kappa shape index (κ1) is 15.1. The molecule has 23 heavy (non-hydrogen) atoms. The molecule has 1 aromatic heterocycles. The fourth-order valence-electron chi connectivity index (χ4n) is 2.22. The van der Waals surface area contributed by atoms with Crippen molar-refractivity contribution in [3.05, 3.63) is 64.7 Å². The summed E-state index contributed by atoms with van der Waals surface area (Å²) in [5.41, 5.74) is 0.774. The predicted octanol–water partition coefficient (Wildman–Crippen LogP) is 3.83. The molecule has 0 unspecified atom stereocenters. The normalized spacial score (nSPS) is 10.5. The van der Waals surface area contributed by atoms with Gasteiger partial charge in [0, 0.05) is 5.39 Å². The van der Waals surface area contributed by atoms with Crippen molar-refractivity contribution in [3.63, 3.8) is 0 Å². The van der Waals surface area contributed by atoms with E-state index in [2.05, 4.69) is 5.32 Å². The van der Waals surface area contributed by atoms with E-state index in [0.29, 0.717) is 27.4 Å². The van der Waals surface area contributed by atoms with E-state index < -0.39 is 5.91 Å². The van der Waals surface area contributed by atoms with E-state index in [1.165, 1.54) is 7.11 Å². The zero-order valence-corrected chi connectivity index (χ0v) is 13.0. The molecular weight excluding hydrogens is 316 g/mol. The van der Waals surface area contributed by atoms with Crippen molar-refractivity contribution < 1.29 is 13.9 Å². The monoisotopic (exact) mass is 328 g/mol. The quantitative estimate of drug-likeness (QED) is 0.767. The molecule has 6 heteroatoms. The molecule has 3 aromatic rings. The first-order valence-corrected chi connectivity index (χ1v) is 7.19. The average Bonchev–Trinajstić information content (AvgIpc) is 2.55. The molecule has 3 rings (SSSR count). The van der Waals surface area contributed by atoms with Crippen LogP contribution in [0.5, 0.6) is 5.75 Å². The van der Waals surface area contributed by atoms with Crippen LogP contribution < -0.4 is 15.6 Å². The van der Waals surface area contributed by atoms with Crippen molar-refractivity contribution in [2.75, 3.05) is 12.4 Å². The van der Waals surface area contributed by atoms with Gasteiger partial charge in [0.2, 0.25) is 5.55 Å². The Balaban J connectivity index is 2.03. The molecule has 0 aliphatic carbocycles. The summed E-state index contributed by atoms with van der Waals surface area (Å²) in [5, 5.41) is 11.7. The van der Waals surface area contributed by atoms with Gasteiger partial charge in [-0.05, 0) is 24.3 Å². The highest BCUT2D eigenvalue weighted by atomic mass is 35.5. The van der Waals surface area contributed by atoms with Crippen molar-refractivity contribution in [1.29, 1.82) is 5.41 Å². The summed E-state index contributed by atoms with van der Waals surface area (Å²) in [4.78, 5) is 12.4. The second-order valence-electron chi connectivity index (χ2n) is 4.80. The van der Waals surface area contributed by atoms with Gasteiger partial charge in [-0.15, -0.1) is 0 Å². The number of ether oxygens (including phenoxy) is 1. The second-order valence-corrected chi connectivity index (χ2v) is 5.21. The van der Waals surface area contributed by atoms with E-state index in [0.717, 1.165) is 0 Å². The minimum atomic E-state index is -0.462. The number of halogens is 1. The van der Waals surface area contributed by atoms with Crippen LogP contribution in [0.3, 0.4) is 0 Å². The van der Waals surface area contributed by atoms with Gasteiger partial charge in [-0.2, -0.15) is 0 Å². The molecule has 0 saturated heterocycles. The maximum atomic E-state index is 12.4. The molecule has 116 valence electrons. The van der Waals surface area contributed by atoms with Gasteiger partial charge in [0.1, 0.15) is 5.56 Å². The first-order valence-electron chi connectivity index (χ1n) is 6.81. The van der Waals surface area contributed by atoms with Crippen molar-refractivity contribution in [2.24, 2.45) is 0 Å². The molecule has 0 bridgehead atoms. The van der Waals surface area contributed by atoms with Gasteiger partial charge < -0.3 is 14.5 Å². The third-order valence-corrected chi connectivity index (χ3v) is 3.67. The Morgan fingerprint density at radius 1 is 1.22 bits per heavy atom. The number of amides is 1. The summed E-state index contributed by atoms with van der Waals surface area (Å²) in [6, 6.07) is 13.8. The largest absolute Gasteiger partial charge is 0.493 e. The van der Waals surface area contributed by atoms with Gasteiger partial charge in [0.15, 0.2) is 11.3 Å². The number of carbonyl (C=O) groups excluding carboxylic acids is 1. The van der Waals surface area contributed by atoms with E-state index >= 15 is 0 Å². The molecule has 1 heterocycles. The van der Waals surface area contributed by atoms with Crippen LogP contribution in [0, 0.1) is 5.41 Å². The lowest BCUT2D eigenvalue weighted by Gasteiger charge is -2.08. The number of methoxy groups -OCH3 is 1. The van der Waals surface area contributed by atoms with Gasteiger partial charge in [-0.3, -0.25) is 10.2 Å². The Hall–Kier alpha value is -2.79. The standard InChI is InChI=1S/C17H13ClN2O3/c1-22-14-8-4-5-10-9-11(16(19)23-15(10)14)17(21)20-13-7-3-2-6-12(13)18/h2-9,19H,1H3,(H,20,21). The Bertz CT molecular complexity index is 950. The van der Waals surface area contributed by atoms with Crippen molar-refractivity contribution >= 4 is 34.2 Å². The van der Waals surface area contributed by atoms with Crippen LogP contribution in [0.15, 0.2) is 52.9 Å². The number of rotatable bonds is 3. The highest BCUT2D eigenvalue weighted by Crippen LogP contribution is 2.25. The molecule has 0 radical (unpaired) electrons. The highest BCUT2D eigenvalue weighted by molar-refractivity contribution is 6.33. The molecule has 0 atom stereocenters. The van der Waals surface area contributed by atoms with E-state index in [1.807, 2.05) is 0 Å². The molecule has 0 saturated carbocycles. The van der Waals surface area contributed by atoms with Crippen LogP contribution in [-0.2, 0) is 0 Å². The summed E-state index contributed by atoms with van der Waals surface area (Å²) >= 11 is 6.03. The molecule has 0 fully saturated rings.